The summed E-state index contributed by atoms with van der Waals surface area (Å²) in [7, 11) is 1.59. The van der Waals surface area contributed by atoms with Gasteiger partial charge in [0.25, 0.3) is 0 Å². The summed E-state index contributed by atoms with van der Waals surface area (Å²) in [6.07, 6.45) is 0.552. The van der Waals surface area contributed by atoms with Gasteiger partial charge in [-0.3, -0.25) is 4.79 Å². The number of amides is 1. The van der Waals surface area contributed by atoms with Gasteiger partial charge < -0.3 is 24.3 Å². The van der Waals surface area contributed by atoms with Crippen molar-refractivity contribution < 1.29 is 28.6 Å². The minimum Gasteiger partial charge on any atom is -0.497 e. The first-order valence-electron chi connectivity index (χ1n) is 7.46. The maximum Gasteiger partial charge on any atom is 0.371 e. The monoisotopic (exact) mass is 331 g/mol. The lowest BCUT2D eigenvalue weighted by Gasteiger charge is -2.24. The number of carbonyl (C=O) groups excluding carboxylic acids is 1. The molecule has 0 saturated carbocycles. The number of nitrogens with one attached hydrogen (secondary N) is 1. The van der Waals surface area contributed by atoms with Crippen LogP contribution < -0.4 is 14.8 Å². The van der Waals surface area contributed by atoms with Crippen molar-refractivity contribution in [2.45, 2.75) is 13.0 Å². The third-order valence-electron chi connectivity index (χ3n) is 3.85. The summed E-state index contributed by atoms with van der Waals surface area (Å²) >= 11 is 0. The Hall–Kier alpha value is -2.96. The summed E-state index contributed by atoms with van der Waals surface area (Å²) in [6.45, 7) is 0.428. The lowest BCUT2D eigenvalue weighted by molar-refractivity contribution is -0.126. The molecule has 3 rings (SSSR count). The molecule has 0 saturated heterocycles. The van der Waals surface area contributed by atoms with E-state index in [1.165, 1.54) is 12.1 Å². The van der Waals surface area contributed by atoms with Crippen LogP contribution in [0.2, 0.25) is 0 Å². The molecule has 0 radical (unpaired) electrons. The van der Waals surface area contributed by atoms with Crippen molar-refractivity contribution in [2.24, 2.45) is 5.92 Å². The second-order valence-corrected chi connectivity index (χ2v) is 5.47. The number of carboxylic acids is 1. The van der Waals surface area contributed by atoms with Gasteiger partial charge >= 0.3 is 5.97 Å². The minimum atomic E-state index is -1.14. The van der Waals surface area contributed by atoms with Crippen LogP contribution in [0.5, 0.6) is 11.5 Å². The standard InChI is InChI=1S/C17H17NO6/c1-22-12-2-4-14-10(7-12)6-11(9-23-14)16(19)18-8-13-3-5-15(24-13)17(20)21/h2-5,7,11H,6,8-9H2,1H3,(H,18,19)(H,20,21). The van der Waals surface area contributed by atoms with Gasteiger partial charge in [-0.05, 0) is 42.3 Å². The van der Waals surface area contributed by atoms with Crippen LogP contribution in [0.4, 0.5) is 0 Å². The Morgan fingerprint density at radius 2 is 2.17 bits per heavy atom. The molecule has 7 heteroatoms. The maximum absolute atomic E-state index is 12.3. The van der Waals surface area contributed by atoms with E-state index in [1.807, 2.05) is 18.2 Å². The molecule has 1 amide bonds. The topological polar surface area (TPSA) is 98.0 Å². The number of methoxy groups -OCH3 is 1. The van der Waals surface area contributed by atoms with Gasteiger partial charge in [0.15, 0.2) is 0 Å². The maximum atomic E-state index is 12.3. The molecule has 1 aliphatic heterocycles. The summed E-state index contributed by atoms with van der Waals surface area (Å²) in [5, 5.41) is 11.6. The third-order valence-corrected chi connectivity index (χ3v) is 3.85. The van der Waals surface area contributed by atoms with Gasteiger partial charge in [-0.25, -0.2) is 4.79 Å². The summed E-state index contributed by atoms with van der Waals surface area (Å²) < 4.78 is 15.9. The number of furan rings is 1. The Morgan fingerprint density at radius 1 is 1.33 bits per heavy atom. The van der Waals surface area contributed by atoms with Crippen LogP contribution in [0.1, 0.15) is 21.9 Å². The third kappa shape index (κ3) is 3.34. The largest absolute Gasteiger partial charge is 0.497 e. The van der Waals surface area contributed by atoms with Crippen molar-refractivity contribution in [1.29, 1.82) is 0 Å². The number of hydrogen-bond acceptors (Lipinski definition) is 5. The highest BCUT2D eigenvalue weighted by atomic mass is 16.5. The fourth-order valence-electron chi connectivity index (χ4n) is 2.57. The SMILES string of the molecule is COc1ccc2c(c1)CC(C(=O)NCc1ccc(C(=O)O)o1)CO2. The molecular formula is C17H17NO6. The number of benzene rings is 1. The van der Waals surface area contributed by atoms with Gasteiger partial charge in [-0.15, -0.1) is 0 Å². The first kappa shape index (κ1) is 15.9. The van der Waals surface area contributed by atoms with Crippen LogP contribution in [0.15, 0.2) is 34.7 Å². The molecule has 2 aromatic rings. The molecule has 1 aliphatic rings. The molecule has 7 nitrogen and oxygen atoms in total. The second-order valence-electron chi connectivity index (χ2n) is 5.47. The molecule has 0 fully saturated rings. The zero-order valence-electron chi connectivity index (χ0n) is 13.1. The molecular weight excluding hydrogens is 314 g/mol. The molecule has 0 bridgehead atoms. The summed E-state index contributed by atoms with van der Waals surface area (Å²) in [5.74, 6) is 0.0852. The first-order chi connectivity index (χ1) is 11.6. The van der Waals surface area contributed by atoms with Crippen molar-refractivity contribution >= 4 is 11.9 Å². The van der Waals surface area contributed by atoms with Crippen LogP contribution in [-0.4, -0.2) is 30.7 Å². The Bertz CT molecular complexity index is 766. The van der Waals surface area contributed by atoms with Gasteiger partial charge in [0.1, 0.15) is 23.9 Å². The average Bonchev–Trinajstić information content (AvgIpc) is 3.08. The summed E-state index contributed by atoms with van der Waals surface area (Å²) in [6, 6.07) is 8.40. The highest BCUT2D eigenvalue weighted by Crippen LogP contribution is 2.30. The van der Waals surface area contributed by atoms with Gasteiger partial charge in [-0.1, -0.05) is 0 Å². The number of rotatable bonds is 5. The Balaban J connectivity index is 1.60. The fraction of sp³-hybridized carbons (Fsp3) is 0.294. The van der Waals surface area contributed by atoms with Crippen molar-refractivity contribution in [3.05, 3.63) is 47.4 Å². The predicted octanol–water partition coefficient (Wildman–Crippen LogP) is 1.85. The molecule has 1 unspecified atom stereocenters. The molecule has 1 aromatic heterocycles. The number of carbonyl (C=O) groups is 2. The average molecular weight is 331 g/mol. The number of hydrogen-bond donors (Lipinski definition) is 2. The number of carboxylic acid groups (broad SMARTS) is 1. The molecule has 126 valence electrons. The van der Waals surface area contributed by atoms with Crippen LogP contribution in [0, 0.1) is 5.92 Å². The quantitative estimate of drug-likeness (QED) is 0.868. The second kappa shape index (κ2) is 6.66. The summed E-state index contributed by atoms with van der Waals surface area (Å²) in [4.78, 5) is 23.1. The molecule has 2 N–H and O–H groups in total. The van der Waals surface area contributed by atoms with E-state index in [9.17, 15) is 9.59 Å². The van der Waals surface area contributed by atoms with Crippen LogP contribution in [0.3, 0.4) is 0 Å². The van der Waals surface area contributed by atoms with E-state index >= 15 is 0 Å². The molecule has 24 heavy (non-hydrogen) atoms. The fourth-order valence-corrected chi connectivity index (χ4v) is 2.57. The van der Waals surface area contributed by atoms with Crippen molar-refractivity contribution in [2.75, 3.05) is 13.7 Å². The number of ether oxygens (including phenoxy) is 2. The first-order valence-corrected chi connectivity index (χ1v) is 7.46. The van der Waals surface area contributed by atoms with Crippen LogP contribution >= 0.6 is 0 Å². The van der Waals surface area contributed by atoms with Crippen molar-refractivity contribution in [3.63, 3.8) is 0 Å². The summed E-state index contributed by atoms with van der Waals surface area (Å²) in [5.41, 5.74) is 0.923. The highest BCUT2D eigenvalue weighted by molar-refractivity contribution is 5.84. The Morgan fingerprint density at radius 3 is 2.88 bits per heavy atom. The molecule has 1 aromatic carbocycles. The van der Waals surface area contributed by atoms with E-state index in [-0.39, 0.29) is 24.1 Å². The lowest BCUT2D eigenvalue weighted by Crippen LogP contribution is -2.37. The molecule has 0 aliphatic carbocycles. The number of fused-ring (bicyclic) bond motifs is 1. The van der Waals surface area contributed by atoms with Crippen molar-refractivity contribution in [1.82, 2.24) is 5.32 Å². The molecule has 0 spiro atoms. The zero-order valence-corrected chi connectivity index (χ0v) is 13.1. The van der Waals surface area contributed by atoms with Gasteiger partial charge in [0.05, 0.1) is 19.6 Å². The van der Waals surface area contributed by atoms with Crippen LogP contribution in [0.25, 0.3) is 0 Å². The molecule has 1 atom stereocenters. The van der Waals surface area contributed by atoms with E-state index in [4.69, 9.17) is 19.0 Å². The van der Waals surface area contributed by atoms with E-state index in [2.05, 4.69) is 5.32 Å². The van der Waals surface area contributed by atoms with Gasteiger partial charge in [0, 0.05) is 0 Å². The molecule has 2 heterocycles. The van der Waals surface area contributed by atoms with E-state index in [0.29, 0.717) is 18.8 Å². The minimum absolute atomic E-state index is 0.133. The van der Waals surface area contributed by atoms with Gasteiger partial charge in [0.2, 0.25) is 11.7 Å². The van der Waals surface area contributed by atoms with E-state index in [0.717, 1.165) is 17.1 Å². The number of aromatic carboxylic acids is 1. The smallest absolute Gasteiger partial charge is 0.371 e. The predicted molar refractivity (Wildman–Crippen MR) is 83.2 cm³/mol. The van der Waals surface area contributed by atoms with E-state index in [1.54, 1.807) is 7.11 Å². The normalized spacial score (nSPS) is 16.0. The highest BCUT2D eigenvalue weighted by Gasteiger charge is 2.26. The Kier molecular flexibility index (Phi) is 4.41. The Labute approximate surface area is 138 Å². The van der Waals surface area contributed by atoms with Crippen molar-refractivity contribution in [3.8, 4) is 11.5 Å². The zero-order chi connectivity index (χ0) is 17.1. The lowest BCUT2D eigenvalue weighted by atomic mass is 9.96. The van der Waals surface area contributed by atoms with Crippen LogP contribution in [-0.2, 0) is 17.8 Å². The van der Waals surface area contributed by atoms with Gasteiger partial charge in [-0.2, -0.15) is 0 Å². The van der Waals surface area contributed by atoms with E-state index < -0.39 is 5.97 Å².